The third kappa shape index (κ3) is 3.67. The van der Waals surface area contributed by atoms with Gasteiger partial charge in [-0.1, -0.05) is 23.7 Å². The zero-order valence-corrected chi connectivity index (χ0v) is 16.6. The van der Waals surface area contributed by atoms with Gasteiger partial charge in [-0.15, -0.1) is 0 Å². The number of halogens is 3. The minimum atomic E-state index is -1.13. The Labute approximate surface area is 171 Å². The molecule has 1 heterocycles. The third-order valence-corrected chi connectivity index (χ3v) is 5.58. The van der Waals surface area contributed by atoms with Crippen molar-refractivity contribution in [2.45, 2.75) is 32.0 Å². The molecule has 1 fully saturated rings. The summed E-state index contributed by atoms with van der Waals surface area (Å²) in [5.74, 6) is -1.40. The molecule has 1 saturated carbocycles. The summed E-state index contributed by atoms with van der Waals surface area (Å²) >= 11 is 6.12. The number of hydrogen-bond donors (Lipinski definition) is 1. The van der Waals surface area contributed by atoms with Crippen molar-refractivity contribution in [3.63, 3.8) is 0 Å². The molecule has 1 aliphatic carbocycles. The Hall–Kier alpha value is -2.67. The monoisotopic (exact) mass is 420 g/mol. The maximum Gasteiger partial charge on any atom is 0.249 e. The van der Waals surface area contributed by atoms with Gasteiger partial charge in [-0.3, -0.25) is 9.59 Å². The number of nitrogens with zero attached hydrogens (tertiary/aromatic N) is 1. The fraction of sp³-hybridized carbons (Fsp3) is 0.333. The van der Waals surface area contributed by atoms with Crippen LogP contribution in [0.2, 0.25) is 5.02 Å². The number of rotatable bonds is 4. The molecule has 0 spiro atoms. The van der Waals surface area contributed by atoms with Crippen LogP contribution in [0.25, 0.3) is 0 Å². The van der Waals surface area contributed by atoms with Crippen molar-refractivity contribution < 1.29 is 23.1 Å². The molecule has 2 aliphatic rings. The number of aryl methyl sites for hydroxylation is 1. The average Bonchev–Trinajstić information content (AvgIpc) is 3.41. The van der Waals surface area contributed by atoms with Crippen LogP contribution in [0.4, 0.5) is 14.5 Å². The van der Waals surface area contributed by atoms with E-state index < -0.39 is 29.9 Å². The van der Waals surface area contributed by atoms with E-state index in [0.717, 1.165) is 11.1 Å². The number of amides is 2. The Bertz CT molecular complexity index is 1010. The predicted octanol–water partition coefficient (Wildman–Crippen LogP) is 3.94. The average molecular weight is 421 g/mol. The van der Waals surface area contributed by atoms with Gasteiger partial charge in [0.05, 0.1) is 16.6 Å². The summed E-state index contributed by atoms with van der Waals surface area (Å²) in [4.78, 5) is 26.3. The Kier molecular flexibility index (Phi) is 4.94. The van der Waals surface area contributed by atoms with Crippen LogP contribution in [0.5, 0.6) is 11.5 Å². The van der Waals surface area contributed by atoms with E-state index in [4.69, 9.17) is 16.3 Å². The Morgan fingerprint density at radius 1 is 1.31 bits per heavy atom. The van der Waals surface area contributed by atoms with E-state index in [9.17, 15) is 18.4 Å². The van der Waals surface area contributed by atoms with E-state index in [1.807, 2.05) is 19.1 Å². The van der Waals surface area contributed by atoms with Gasteiger partial charge in [0.2, 0.25) is 11.8 Å². The molecule has 1 N–H and O–H groups in total. The van der Waals surface area contributed by atoms with E-state index in [0.29, 0.717) is 11.4 Å². The second kappa shape index (κ2) is 7.30. The first-order valence-electron chi connectivity index (χ1n) is 9.23. The fourth-order valence-electron chi connectivity index (χ4n) is 3.52. The van der Waals surface area contributed by atoms with Crippen LogP contribution in [0.15, 0.2) is 30.3 Å². The topological polar surface area (TPSA) is 58.6 Å². The number of nitrogens with one attached hydrogen (secondary N) is 1. The van der Waals surface area contributed by atoms with Gasteiger partial charge < -0.3 is 15.0 Å². The molecular formula is C21H19ClF2N2O3. The number of benzene rings is 2. The summed E-state index contributed by atoms with van der Waals surface area (Å²) in [5.41, 5.74) is 2.05. The molecule has 0 radical (unpaired) electrons. The van der Waals surface area contributed by atoms with E-state index >= 15 is 0 Å². The molecule has 0 bridgehead atoms. The quantitative estimate of drug-likeness (QED) is 0.815. The highest BCUT2D eigenvalue weighted by molar-refractivity contribution is 6.32. The van der Waals surface area contributed by atoms with Gasteiger partial charge >= 0.3 is 0 Å². The zero-order chi connectivity index (χ0) is 20.9. The molecule has 152 valence electrons. The number of likely N-dealkylation sites (N-methyl/N-ethyl adjacent to an activating group) is 1. The van der Waals surface area contributed by atoms with E-state index in [-0.39, 0.29) is 29.5 Å². The molecule has 4 rings (SSSR count). The molecule has 3 atom stereocenters. The lowest BCUT2D eigenvalue weighted by Gasteiger charge is -2.33. The smallest absolute Gasteiger partial charge is 0.249 e. The number of fused-ring (bicyclic) bond motifs is 1. The van der Waals surface area contributed by atoms with Crippen molar-refractivity contribution in [1.29, 1.82) is 0 Å². The van der Waals surface area contributed by atoms with Gasteiger partial charge in [-0.2, -0.15) is 0 Å². The molecule has 2 amide bonds. The van der Waals surface area contributed by atoms with E-state index in [1.54, 1.807) is 7.05 Å². The first-order chi connectivity index (χ1) is 13.8. The molecule has 0 saturated heterocycles. The number of carbonyl (C=O) groups is 2. The van der Waals surface area contributed by atoms with Crippen molar-refractivity contribution in [2.75, 3.05) is 11.9 Å². The van der Waals surface area contributed by atoms with Crippen molar-refractivity contribution in [3.05, 3.63) is 52.3 Å². The SMILES string of the molecule is Cc1ccc2c(c1Oc1cc(F)ccc1Cl)N(C)C(=O)[C@H](NC(=O)[C@@H]1C[C@@H]1F)C2. The van der Waals surface area contributed by atoms with Crippen molar-refractivity contribution >= 4 is 29.1 Å². The minimum Gasteiger partial charge on any atom is -0.453 e. The molecule has 2 aromatic rings. The van der Waals surface area contributed by atoms with Gasteiger partial charge in [0, 0.05) is 19.5 Å². The van der Waals surface area contributed by atoms with Crippen molar-refractivity contribution in [1.82, 2.24) is 5.32 Å². The van der Waals surface area contributed by atoms with Crippen LogP contribution in [-0.4, -0.2) is 31.1 Å². The predicted molar refractivity (Wildman–Crippen MR) is 105 cm³/mol. The van der Waals surface area contributed by atoms with Gasteiger partial charge in [-0.05, 0) is 36.6 Å². The Morgan fingerprint density at radius 2 is 2.03 bits per heavy atom. The largest absolute Gasteiger partial charge is 0.453 e. The van der Waals surface area contributed by atoms with Gasteiger partial charge in [0.15, 0.2) is 5.75 Å². The lowest BCUT2D eigenvalue weighted by molar-refractivity contribution is -0.128. The van der Waals surface area contributed by atoms with Crippen molar-refractivity contribution in [3.8, 4) is 11.5 Å². The standard InChI is InChI=1S/C21H19ClF2N2O3/c1-10-3-4-11-7-16(25-20(27)13-9-15(13)24)21(28)26(2)18(11)19(10)29-17-8-12(23)5-6-14(17)22/h3-6,8,13,15-16H,7,9H2,1-2H3,(H,25,27)/t13-,15+,16-/m1/s1. The summed E-state index contributed by atoms with van der Waals surface area (Å²) in [7, 11) is 1.58. The molecule has 8 heteroatoms. The molecule has 0 unspecified atom stereocenters. The first kappa shape index (κ1) is 19.6. The van der Waals surface area contributed by atoms with Gasteiger partial charge in [0.25, 0.3) is 0 Å². The minimum absolute atomic E-state index is 0.141. The van der Waals surface area contributed by atoms with E-state index in [2.05, 4.69) is 5.32 Å². The molecule has 2 aromatic carbocycles. The second-order valence-corrected chi connectivity index (χ2v) is 7.82. The van der Waals surface area contributed by atoms with Crippen LogP contribution in [0.3, 0.4) is 0 Å². The lowest BCUT2D eigenvalue weighted by atomic mass is 9.95. The summed E-state index contributed by atoms with van der Waals surface area (Å²) < 4.78 is 32.7. The molecular weight excluding hydrogens is 402 g/mol. The van der Waals surface area contributed by atoms with Crippen molar-refractivity contribution in [2.24, 2.45) is 5.92 Å². The van der Waals surface area contributed by atoms with Crippen LogP contribution in [0, 0.1) is 18.7 Å². The summed E-state index contributed by atoms with van der Waals surface area (Å²) in [6.45, 7) is 1.81. The highest BCUT2D eigenvalue weighted by atomic mass is 35.5. The number of carbonyl (C=O) groups excluding carboxylic acids is 2. The van der Waals surface area contributed by atoms with Gasteiger partial charge in [0.1, 0.15) is 23.8 Å². The Balaban J connectivity index is 1.66. The molecule has 5 nitrogen and oxygen atoms in total. The second-order valence-electron chi connectivity index (χ2n) is 7.42. The third-order valence-electron chi connectivity index (χ3n) is 5.27. The number of hydrogen-bond acceptors (Lipinski definition) is 3. The summed E-state index contributed by atoms with van der Waals surface area (Å²) in [6, 6.07) is 6.70. The number of anilines is 1. The normalized spacial score (nSPS) is 22.9. The zero-order valence-electron chi connectivity index (χ0n) is 15.8. The van der Waals surface area contributed by atoms with Crippen LogP contribution >= 0.6 is 11.6 Å². The Morgan fingerprint density at radius 3 is 2.72 bits per heavy atom. The number of ether oxygens (including phenoxy) is 1. The van der Waals surface area contributed by atoms with Crippen LogP contribution < -0.4 is 15.0 Å². The number of alkyl halides is 1. The lowest BCUT2D eigenvalue weighted by Crippen LogP contribution is -2.52. The fourth-order valence-corrected chi connectivity index (χ4v) is 3.67. The van der Waals surface area contributed by atoms with E-state index in [1.165, 1.54) is 23.1 Å². The van der Waals surface area contributed by atoms with Crippen LogP contribution in [-0.2, 0) is 16.0 Å². The molecule has 0 aromatic heterocycles. The molecule has 29 heavy (non-hydrogen) atoms. The van der Waals surface area contributed by atoms with Gasteiger partial charge in [-0.25, -0.2) is 8.78 Å². The van der Waals surface area contributed by atoms with Crippen LogP contribution in [0.1, 0.15) is 17.5 Å². The maximum absolute atomic E-state index is 13.6. The highest BCUT2D eigenvalue weighted by Gasteiger charge is 2.45. The maximum atomic E-state index is 13.6. The highest BCUT2D eigenvalue weighted by Crippen LogP contribution is 2.42. The summed E-state index contributed by atoms with van der Waals surface area (Å²) in [5, 5.41) is 2.89. The summed E-state index contributed by atoms with van der Waals surface area (Å²) in [6.07, 6.45) is -0.677. The molecule has 1 aliphatic heterocycles. The first-order valence-corrected chi connectivity index (χ1v) is 9.61.